The molecule has 0 aliphatic carbocycles. The van der Waals surface area contributed by atoms with Crippen molar-refractivity contribution in [3.05, 3.63) is 200 Å². The summed E-state index contributed by atoms with van der Waals surface area (Å²) in [6.45, 7) is 0. The Bertz CT molecular complexity index is 3210. The Morgan fingerprint density at radius 2 is 1.00 bits per heavy atom. The number of furan rings is 1. The fourth-order valence-corrected chi connectivity index (χ4v) is 9.54. The van der Waals surface area contributed by atoms with Gasteiger partial charge in [-0.1, -0.05) is 158 Å². The van der Waals surface area contributed by atoms with E-state index in [9.17, 15) is 0 Å². The molecule has 11 rings (SSSR count). The Morgan fingerprint density at radius 3 is 1.84 bits per heavy atom. The minimum atomic E-state index is 0.896. The van der Waals surface area contributed by atoms with E-state index < -0.39 is 0 Å². The molecular formula is C52H33NOS. The van der Waals surface area contributed by atoms with E-state index in [1.54, 1.807) is 0 Å². The van der Waals surface area contributed by atoms with Crippen LogP contribution in [0.3, 0.4) is 0 Å². The zero-order chi connectivity index (χ0) is 36.3. The normalized spacial score (nSPS) is 11.6. The SMILES string of the molecule is c1ccc(-c2cc(-c3cccc4c3oc3ccccc34)cc(N(c3ccc(-c4ccccc4)c4ccccc34)c3cccc4c3sc3ccccc34)c2)cc1. The van der Waals surface area contributed by atoms with E-state index in [0.29, 0.717) is 0 Å². The molecule has 2 heterocycles. The smallest absolute Gasteiger partial charge is 0.143 e. The van der Waals surface area contributed by atoms with Gasteiger partial charge in [0.25, 0.3) is 0 Å². The van der Waals surface area contributed by atoms with Crippen LogP contribution in [0.5, 0.6) is 0 Å². The molecule has 9 aromatic carbocycles. The number of para-hydroxylation sites is 2. The van der Waals surface area contributed by atoms with Crippen LogP contribution < -0.4 is 4.90 Å². The van der Waals surface area contributed by atoms with Gasteiger partial charge in [-0.05, 0) is 75.7 Å². The van der Waals surface area contributed by atoms with Crippen molar-refractivity contribution in [3.8, 4) is 33.4 Å². The van der Waals surface area contributed by atoms with Crippen LogP contribution in [0.15, 0.2) is 205 Å². The van der Waals surface area contributed by atoms with Crippen molar-refractivity contribution < 1.29 is 4.42 Å². The highest BCUT2D eigenvalue weighted by atomic mass is 32.1. The maximum Gasteiger partial charge on any atom is 0.143 e. The number of fused-ring (bicyclic) bond motifs is 7. The Kier molecular flexibility index (Phi) is 7.39. The fraction of sp³-hybridized carbons (Fsp3) is 0. The van der Waals surface area contributed by atoms with Crippen molar-refractivity contribution in [1.82, 2.24) is 0 Å². The molecule has 55 heavy (non-hydrogen) atoms. The van der Waals surface area contributed by atoms with Crippen LogP contribution in [-0.4, -0.2) is 0 Å². The summed E-state index contributed by atoms with van der Waals surface area (Å²) in [5.41, 5.74) is 12.0. The summed E-state index contributed by atoms with van der Waals surface area (Å²) >= 11 is 1.86. The van der Waals surface area contributed by atoms with Gasteiger partial charge >= 0.3 is 0 Å². The van der Waals surface area contributed by atoms with E-state index in [4.69, 9.17) is 4.42 Å². The van der Waals surface area contributed by atoms with E-state index >= 15 is 0 Å². The van der Waals surface area contributed by atoms with Crippen LogP contribution >= 0.6 is 11.3 Å². The molecule has 0 saturated heterocycles. The van der Waals surface area contributed by atoms with Crippen LogP contribution in [0.25, 0.3) is 86.3 Å². The van der Waals surface area contributed by atoms with E-state index in [2.05, 4.69) is 199 Å². The lowest BCUT2D eigenvalue weighted by atomic mass is 9.94. The Morgan fingerprint density at radius 1 is 0.364 bits per heavy atom. The largest absolute Gasteiger partial charge is 0.455 e. The lowest BCUT2D eigenvalue weighted by Gasteiger charge is -2.29. The summed E-state index contributed by atoms with van der Waals surface area (Å²) in [5.74, 6) is 0. The van der Waals surface area contributed by atoms with Crippen molar-refractivity contribution in [3.63, 3.8) is 0 Å². The molecular weight excluding hydrogens is 687 g/mol. The molecule has 0 radical (unpaired) electrons. The molecule has 0 saturated carbocycles. The van der Waals surface area contributed by atoms with Crippen molar-refractivity contribution in [2.75, 3.05) is 4.90 Å². The highest BCUT2D eigenvalue weighted by Gasteiger charge is 2.23. The molecule has 0 atom stereocenters. The Hall–Kier alpha value is -6.94. The monoisotopic (exact) mass is 719 g/mol. The van der Waals surface area contributed by atoms with Gasteiger partial charge in [0.15, 0.2) is 0 Å². The second-order valence-corrected chi connectivity index (χ2v) is 15.1. The van der Waals surface area contributed by atoms with Gasteiger partial charge in [-0.2, -0.15) is 0 Å². The first-order valence-corrected chi connectivity index (χ1v) is 19.5. The van der Waals surface area contributed by atoms with Gasteiger partial charge in [0.05, 0.1) is 16.1 Å². The molecule has 0 unspecified atom stereocenters. The second-order valence-electron chi connectivity index (χ2n) is 14.0. The summed E-state index contributed by atoms with van der Waals surface area (Å²) in [5, 5.41) is 7.19. The molecule has 0 fully saturated rings. The Balaban J connectivity index is 1.23. The van der Waals surface area contributed by atoms with E-state index in [0.717, 1.165) is 61.3 Å². The molecule has 0 amide bonds. The number of rotatable bonds is 6. The predicted octanol–water partition coefficient (Wildman–Crippen LogP) is 15.6. The molecule has 3 heteroatoms. The summed E-state index contributed by atoms with van der Waals surface area (Å²) in [6.07, 6.45) is 0. The van der Waals surface area contributed by atoms with Gasteiger partial charge in [0.2, 0.25) is 0 Å². The highest BCUT2D eigenvalue weighted by Crippen LogP contribution is 2.49. The number of benzene rings is 9. The predicted molar refractivity (Wildman–Crippen MR) is 235 cm³/mol. The van der Waals surface area contributed by atoms with Crippen LogP contribution in [-0.2, 0) is 0 Å². The minimum Gasteiger partial charge on any atom is -0.455 e. The minimum absolute atomic E-state index is 0.896. The van der Waals surface area contributed by atoms with Crippen molar-refractivity contribution in [1.29, 1.82) is 0 Å². The number of hydrogen-bond donors (Lipinski definition) is 0. The highest BCUT2D eigenvalue weighted by molar-refractivity contribution is 7.26. The third-order valence-corrected chi connectivity index (χ3v) is 12.1. The van der Waals surface area contributed by atoms with Crippen LogP contribution in [0.4, 0.5) is 17.1 Å². The standard InChI is InChI=1S/C52H33NOS/c1-3-15-34(16-4-1)36-31-37(40-23-13-24-45-43-21-9-11-27-49(43)54-51(40)45)33-38(32-36)53(48-26-14-25-46-44-22-10-12-28-50(44)55-52(46)48)47-30-29-39(35-17-5-2-6-18-35)41-19-7-8-20-42(41)47/h1-33H. The second kappa shape index (κ2) is 12.9. The average molecular weight is 720 g/mol. The van der Waals surface area contributed by atoms with E-state index in [-0.39, 0.29) is 0 Å². The van der Waals surface area contributed by atoms with Crippen LogP contribution in [0.1, 0.15) is 0 Å². The first-order valence-electron chi connectivity index (χ1n) is 18.7. The fourth-order valence-electron chi connectivity index (χ4n) is 8.33. The van der Waals surface area contributed by atoms with Gasteiger partial charge < -0.3 is 9.32 Å². The average Bonchev–Trinajstić information content (AvgIpc) is 3.84. The molecule has 0 aliphatic heterocycles. The van der Waals surface area contributed by atoms with Gasteiger partial charge in [0.1, 0.15) is 11.2 Å². The first kappa shape index (κ1) is 31.6. The maximum atomic E-state index is 6.65. The lowest BCUT2D eigenvalue weighted by molar-refractivity contribution is 0.670. The summed E-state index contributed by atoms with van der Waals surface area (Å²) in [6, 6.07) is 72.2. The zero-order valence-electron chi connectivity index (χ0n) is 29.8. The van der Waals surface area contributed by atoms with Gasteiger partial charge in [-0.25, -0.2) is 0 Å². The summed E-state index contributed by atoms with van der Waals surface area (Å²) < 4.78 is 9.18. The number of nitrogens with zero attached hydrogens (tertiary/aromatic N) is 1. The van der Waals surface area contributed by atoms with Gasteiger partial charge in [-0.15, -0.1) is 11.3 Å². The first-order chi connectivity index (χ1) is 27.3. The van der Waals surface area contributed by atoms with Gasteiger partial charge in [0, 0.05) is 42.9 Å². The molecule has 0 spiro atoms. The number of hydrogen-bond acceptors (Lipinski definition) is 3. The van der Waals surface area contributed by atoms with Crippen molar-refractivity contribution in [2.45, 2.75) is 0 Å². The molecule has 2 nitrogen and oxygen atoms in total. The maximum absolute atomic E-state index is 6.65. The molecule has 0 N–H and O–H groups in total. The third-order valence-electron chi connectivity index (χ3n) is 10.8. The zero-order valence-corrected chi connectivity index (χ0v) is 30.6. The molecule has 11 aromatic rings. The topological polar surface area (TPSA) is 16.4 Å². The van der Waals surface area contributed by atoms with Crippen molar-refractivity contribution in [2.24, 2.45) is 0 Å². The molecule has 0 bridgehead atoms. The third kappa shape index (κ3) is 5.24. The summed E-state index contributed by atoms with van der Waals surface area (Å²) in [4.78, 5) is 2.49. The van der Waals surface area contributed by atoms with Crippen molar-refractivity contribution >= 4 is 81.3 Å². The molecule has 0 aliphatic rings. The molecule has 258 valence electrons. The van der Waals surface area contributed by atoms with E-state index in [1.165, 1.54) is 42.1 Å². The quantitative estimate of drug-likeness (QED) is 0.170. The number of thiophene rings is 1. The van der Waals surface area contributed by atoms with Crippen LogP contribution in [0, 0.1) is 0 Å². The number of anilines is 3. The van der Waals surface area contributed by atoms with E-state index in [1.807, 2.05) is 17.4 Å². The lowest BCUT2D eigenvalue weighted by Crippen LogP contribution is -2.11. The van der Waals surface area contributed by atoms with Crippen LogP contribution in [0.2, 0.25) is 0 Å². The Labute approximate surface area is 322 Å². The summed E-state index contributed by atoms with van der Waals surface area (Å²) in [7, 11) is 0. The van der Waals surface area contributed by atoms with Gasteiger partial charge in [-0.3, -0.25) is 0 Å². The molecule has 2 aromatic heterocycles.